The first-order valence-electron chi connectivity index (χ1n) is 4.96. The van der Waals surface area contributed by atoms with E-state index in [9.17, 15) is 22.3 Å². The molecule has 0 amide bonds. The molecule has 0 saturated carbocycles. The van der Waals surface area contributed by atoms with Gasteiger partial charge in [0.25, 0.3) is 0 Å². The Morgan fingerprint density at radius 1 is 1.41 bits per heavy atom. The largest absolute Gasteiger partial charge is 0.387 e. The van der Waals surface area contributed by atoms with Crippen LogP contribution in [0.3, 0.4) is 0 Å². The van der Waals surface area contributed by atoms with E-state index in [1.807, 2.05) is 0 Å². The van der Waals surface area contributed by atoms with Gasteiger partial charge in [-0.1, -0.05) is 0 Å². The maximum Gasteiger partial charge on any atom is 0.211 e. The lowest BCUT2D eigenvalue weighted by molar-refractivity contribution is 0.176. The number of sulfonamides is 1. The third-order valence-electron chi connectivity index (χ3n) is 2.19. The molecular weight excluding hydrogens is 252 g/mol. The molecule has 0 heterocycles. The fourth-order valence-electron chi connectivity index (χ4n) is 1.19. The molecule has 0 fully saturated rings. The molecule has 0 spiro atoms. The lowest BCUT2D eigenvalue weighted by Gasteiger charge is -2.12. The molecular formula is C10H13F2NO3S. The first-order chi connectivity index (χ1) is 7.85. The molecule has 1 aromatic carbocycles. The highest BCUT2D eigenvalue weighted by molar-refractivity contribution is 7.89. The number of hydrogen-bond acceptors (Lipinski definition) is 3. The number of aliphatic hydroxyl groups is 1. The number of benzene rings is 1. The normalized spacial score (nSPS) is 13.6. The molecule has 0 bridgehead atoms. The van der Waals surface area contributed by atoms with E-state index in [4.69, 9.17) is 0 Å². The Morgan fingerprint density at radius 3 is 2.65 bits per heavy atom. The maximum absolute atomic E-state index is 13.2. The lowest BCUT2D eigenvalue weighted by atomic mass is 10.1. The van der Waals surface area contributed by atoms with Crippen LogP contribution in [-0.2, 0) is 10.0 Å². The van der Waals surface area contributed by atoms with Gasteiger partial charge in [-0.15, -0.1) is 0 Å². The number of nitrogens with one attached hydrogen (secondary N) is 1. The second kappa shape index (κ2) is 5.52. The quantitative estimate of drug-likeness (QED) is 0.832. The number of halogens is 2. The molecule has 1 unspecified atom stereocenters. The highest BCUT2D eigenvalue weighted by Gasteiger charge is 2.16. The van der Waals surface area contributed by atoms with E-state index in [1.54, 1.807) is 0 Å². The van der Waals surface area contributed by atoms with Crippen molar-refractivity contribution < 1.29 is 22.3 Å². The summed E-state index contributed by atoms with van der Waals surface area (Å²) in [6.45, 7) is 1.04. The predicted molar refractivity (Wildman–Crippen MR) is 58.8 cm³/mol. The van der Waals surface area contributed by atoms with Gasteiger partial charge in [-0.2, -0.15) is 0 Å². The average molecular weight is 265 g/mol. The van der Waals surface area contributed by atoms with E-state index in [0.29, 0.717) is 0 Å². The monoisotopic (exact) mass is 265 g/mol. The van der Waals surface area contributed by atoms with Crippen LogP contribution in [0.5, 0.6) is 0 Å². The summed E-state index contributed by atoms with van der Waals surface area (Å²) in [5.74, 6) is -1.63. The Bertz CT molecular complexity index is 490. The third-order valence-corrected chi connectivity index (χ3v) is 3.56. The first kappa shape index (κ1) is 14.0. The molecule has 2 N–H and O–H groups in total. The van der Waals surface area contributed by atoms with Crippen LogP contribution in [0.25, 0.3) is 0 Å². The molecule has 0 aliphatic rings. The van der Waals surface area contributed by atoms with E-state index in [2.05, 4.69) is 4.72 Å². The number of aliphatic hydroxyl groups excluding tert-OH is 1. The van der Waals surface area contributed by atoms with Crippen LogP contribution >= 0.6 is 0 Å². The van der Waals surface area contributed by atoms with Gasteiger partial charge in [-0.05, 0) is 25.1 Å². The van der Waals surface area contributed by atoms with Crippen molar-refractivity contribution in [3.8, 4) is 0 Å². The van der Waals surface area contributed by atoms with Gasteiger partial charge >= 0.3 is 0 Å². The minimum atomic E-state index is -3.47. The molecule has 1 aromatic rings. The third kappa shape index (κ3) is 4.03. The summed E-state index contributed by atoms with van der Waals surface area (Å²) in [6, 6.07) is 2.63. The Morgan fingerprint density at radius 2 is 2.06 bits per heavy atom. The van der Waals surface area contributed by atoms with Gasteiger partial charge in [0.1, 0.15) is 11.6 Å². The zero-order chi connectivity index (χ0) is 13.1. The lowest BCUT2D eigenvalue weighted by Crippen LogP contribution is -2.30. The Hall–Kier alpha value is -1.05. The van der Waals surface area contributed by atoms with E-state index < -0.39 is 34.3 Å². The zero-order valence-electron chi connectivity index (χ0n) is 9.15. The van der Waals surface area contributed by atoms with Crippen molar-refractivity contribution in [2.45, 2.75) is 13.0 Å². The number of hydrogen-bond donors (Lipinski definition) is 2. The van der Waals surface area contributed by atoms with Crippen LogP contribution in [0, 0.1) is 11.6 Å². The zero-order valence-corrected chi connectivity index (χ0v) is 9.97. The molecule has 96 valence electrons. The van der Waals surface area contributed by atoms with E-state index in [1.165, 1.54) is 6.92 Å². The second-order valence-corrected chi connectivity index (χ2v) is 5.53. The Kier molecular flexibility index (Phi) is 4.55. The molecule has 0 aromatic heterocycles. The van der Waals surface area contributed by atoms with Gasteiger partial charge in [0.15, 0.2) is 0 Å². The first-order valence-corrected chi connectivity index (χ1v) is 6.61. The average Bonchev–Trinajstić information content (AvgIpc) is 2.29. The van der Waals surface area contributed by atoms with Crippen molar-refractivity contribution in [3.05, 3.63) is 35.4 Å². The van der Waals surface area contributed by atoms with E-state index in [-0.39, 0.29) is 11.3 Å². The van der Waals surface area contributed by atoms with Crippen LogP contribution in [0.15, 0.2) is 18.2 Å². The minimum absolute atomic E-state index is 0.147. The summed E-state index contributed by atoms with van der Waals surface area (Å²) >= 11 is 0. The topological polar surface area (TPSA) is 66.4 Å². The van der Waals surface area contributed by atoms with Crippen molar-refractivity contribution in [2.24, 2.45) is 0 Å². The van der Waals surface area contributed by atoms with Gasteiger partial charge in [-0.25, -0.2) is 21.9 Å². The van der Waals surface area contributed by atoms with Crippen molar-refractivity contribution >= 4 is 10.0 Å². The van der Waals surface area contributed by atoms with Crippen LogP contribution in [-0.4, -0.2) is 25.8 Å². The summed E-state index contributed by atoms with van der Waals surface area (Å²) in [5.41, 5.74) is -0.274. The molecule has 7 heteroatoms. The van der Waals surface area contributed by atoms with Crippen molar-refractivity contribution in [3.63, 3.8) is 0 Å². The van der Waals surface area contributed by atoms with Gasteiger partial charge in [0.2, 0.25) is 10.0 Å². The van der Waals surface area contributed by atoms with Crippen LogP contribution < -0.4 is 4.72 Å². The standard InChI is InChI=1S/C10H13F2NO3S/c1-2-17(15,16)13-6-10(14)8-5-7(11)3-4-9(8)12/h3-5,10,13-14H,2,6H2,1H3. The van der Waals surface area contributed by atoms with E-state index in [0.717, 1.165) is 18.2 Å². The molecule has 0 radical (unpaired) electrons. The van der Waals surface area contributed by atoms with Crippen molar-refractivity contribution in [2.75, 3.05) is 12.3 Å². The van der Waals surface area contributed by atoms with E-state index >= 15 is 0 Å². The SMILES string of the molecule is CCS(=O)(=O)NCC(O)c1cc(F)ccc1F. The second-order valence-electron chi connectivity index (χ2n) is 3.43. The minimum Gasteiger partial charge on any atom is -0.387 e. The smallest absolute Gasteiger partial charge is 0.211 e. The Balaban J connectivity index is 2.77. The summed E-state index contributed by atoms with van der Waals surface area (Å²) in [7, 11) is -3.47. The Labute approximate surface area is 98.3 Å². The molecule has 1 atom stereocenters. The molecule has 4 nitrogen and oxygen atoms in total. The van der Waals surface area contributed by atoms with Gasteiger partial charge < -0.3 is 5.11 Å². The maximum atomic E-state index is 13.2. The van der Waals surface area contributed by atoms with Crippen molar-refractivity contribution in [1.82, 2.24) is 4.72 Å². The summed E-state index contributed by atoms with van der Waals surface area (Å²) in [6.07, 6.45) is -1.42. The van der Waals surface area contributed by atoms with Gasteiger partial charge in [0, 0.05) is 12.1 Å². The van der Waals surface area contributed by atoms with Crippen LogP contribution in [0.1, 0.15) is 18.6 Å². The highest BCUT2D eigenvalue weighted by atomic mass is 32.2. The molecule has 1 rings (SSSR count). The number of rotatable bonds is 5. The predicted octanol–water partition coefficient (Wildman–Crippen LogP) is 0.938. The summed E-state index contributed by atoms with van der Waals surface area (Å²) < 4.78 is 50.3. The summed E-state index contributed by atoms with van der Waals surface area (Å²) in [5, 5.41) is 9.55. The molecule has 0 aliphatic carbocycles. The molecule has 0 aliphatic heterocycles. The highest BCUT2D eigenvalue weighted by Crippen LogP contribution is 2.17. The van der Waals surface area contributed by atoms with Crippen LogP contribution in [0.2, 0.25) is 0 Å². The van der Waals surface area contributed by atoms with Gasteiger partial charge in [0.05, 0.1) is 11.9 Å². The van der Waals surface area contributed by atoms with Crippen molar-refractivity contribution in [1.29, 1.82) is 0 Å². The molecule has 0 saturated heterocycles. The fraction of sp³-hybridized carbons (Fsp3) is 0.400. The molecule has 17 heavy (non-hydrogen) atoms. The van der Waals surface area contributed by atoms with Crippen LogP contribution in [0.4, 0.5) is 8.78 Å². The fourth-order valence-corrected chi connectivity index (χ4v) is 1.80. The van der Waals surface area contributed by atoms with Gasteiger partial charge in [-0.3, -0.25) is 0 Å². The summed E-state index contributed by atoms with van der Waals surface area (Å²) in [4.78, 5) is 0.